The lowest BCUT2D eigenvalue weighted by atomic mass is 10.1. The van der Waals surface area contributed by atoms with E-state index in [0.29, 0.717) is 0 Å². The molecule has 84 valence electrons. The van der Waals surface area contributed by atoms with Gasteiger partial charge < -0.3 is 5.11 Å². The monoisotopic (exact) mass is 224 g/mol. The topological polar surface area (TPSA) is 20.2 Å². The van der Waals surface area contributed by atoms with E-state index in [2.05, 4.69) is 39.0 Å². The molecule has 0 saturated heterocycles. The first kappa shape index (κ1) is 12.6. The van der Waals surface area contributed by atoms with Crippen LogP contribution in [-0.2, 0) is 6.61 Å². The Morgan fingerprint density at radius 2 is 2.07 bits per heavy atom. The zero-order chi connectivity index (χ0) is 11.3. The van der Waals surface area contributed by atoms with Crippen molar-refractivity contribution >= 4 is 11.8 Å². The van der Waals surface area contributed by atoms with Gasteiger partial charge >= 0.3 is 0 Å². The van der Waals surface area contributed by atoms with Gasteiger partial charge in [-0.1, -0.05) is 31.5 Å². The molecule has 2 heteroatoms. The Kier molecular flexibility index (Phi) is 5.20. The van der Waals surface area contributed by atoms with E-state index in [1.54, 1.807) is 0 Å². The van der Waals surface area contributed by atoms with Crippen LogP contribution >= 0.6 is 11.8 Å². The Balaban J connectivity index is 2.60. The summed E-state index contributed by atoms with van der Waals surface area (Å²) >= 11 is 1.85. The number of aliphatic hydroxyl groups excluding tert-OH is 1. The second kappa shape index (κ2) is 6.19. The lowest BCUT2D eigenvalue weighted by Gasteiger charge is -2.09. The normalized spacial score (nSPS) is 11.0. The minimum absolute atomic E-state index is 0.145. The second-order valence-electron chi connectivity index (χ2n) is 4.30. The number of benzene rings is 1. The van der Waals surface area contributed by atoms with Crippen LogP contribution in [0.2, 0.25) is 0 Å². The average molecular weight is 224 g/mol. The lowest BCUT2D eigenvalue weighted by molar-refractivity contribution is 0.279. The molecule has 0 heterocycles. The van der Waals surface area contributed by atoms with Gasteiger partial charge in [0.15, 0.2) is 0 Å². The fourth-order valence-corrected chi connectivity index (χ4v) is 2.66. The molecule has 0 fully saturated rings. The van der Waals surface area contributed by atoms with E-state index >= 15 is 0 Å². The van der Waals surface area contributed by atoms with Gasteiger partial charge in [0.05, 0.1) is 6.61 Å². The standard InChI is InChI=1S/C13H20OS/c1-10(2)6-7-15-13-5-4-11(3)8-12(13)9-14/h4-5,8,10,14H,6-7,9H2,1-3H3. The number of hydrogen-bond donors (Lipinski definition) is 1. The Bertz CT molecular complexity index is 307. The van der Waals surface area contributed by atoms with Crippen molar-refractivity contribution in [1.29, 1.82) is 0 Å². The summed E-state index contributed by atoms with van der Waals surface area (Å²) in [5.41, 5.74) is 2.27. The first-order chi connectivity index (χ1) is 7.13. The van der Waals surface area contributed by atoms with Crippen molar-refractivity contribution in [3.8, 4) is 0 Å². The predicted octanol–water partition coefficient (Wildman–Crippen LogP) is 3.63. The zero-order valence-electron chi connectivity index (χ0n) is 9.79. The fourth-order valence-electron chi connectivity index (χ4n) is 1.38. The zero-order valence-corrected chi connectivity index (χ0v) is 10.6. The van der Waals surface area contributed by atoms with Crippen LogP contribution in [0.15, 0.2) is 23.1 Å². The van der Waals surface area contributed by atoms with E-state index in [4.69, 9.17) is 0 Å². The molecule has 0 amide bonds. The average Bonchev–Trinajstić information content (AvgIpc) is 2.19. The number of aryl methyl sites for hydroxylation is 1. The van der Waals surface area contributed by atoms with E-state index in [1.165, 1.54) is 16.9 Å². The van der Waals surface area contributed by atoms with Crippen LogP contribution in [0.3, 0.4) is 0 Å². The highest BCUT2D eigenvalue weighted by Gasteiger charge is 2.03. The minimum Gasteiger partial charge on any atom is -0.392 e. The maximum absolute atomic E-state index is 9.24. The third kappa shape index (κ3) is 4.27. The Labute approximate surface area is 96.9 Å². The molecule has 1 N–H and O–H groups in total. The molecule has 1 nitrogen and oxygen atoms in total. The molecule has 1 rings (SSSR count). The summed E-state index contributed by atoms with van der Waals surface area (Å²) in [6.07, 6.45) is 1.23. The van der Waals surface area contributed by atoms with Crippen molar-refractivity contribution < 1.29 is 5.11 Å². The van der Waals surface area contributed by atoms with Crippen molar-refractivity contribution in [2.75, 3.05) is 5.75 Å². The minimum atomic E-state index is 0.145. The van der Waals surface area contributed by atoms with Crippen LogP contribution in [0.25, 0.3) is 0 Å². The van der Waals surface area contributed by atoms with E-state index in [1.807, 2.05) is 11.8 Å². The van der Waals surface area contributed by atoms with E-state index < -0.39 is 0 Å². The van der Waals surface area contributed by atoms with Crippen molar-refractivity contribution in [3.05, 3.63) is 29.3 Å². The maximum Gasteiger partial charge on any atom is 0.0692 e. The van der Waals surface area contributed by atoms with Crippen LogP contribution in [-0.4, -0.2) is 10.9 Å². The van der Waals surface area contributed by atoms with Crippen LogP contribution in [0.4, 0.5) is 0 Å². The van der Waals surface area contributed by atoms with Gasteiger partial charge in [0.25, 0.3) is 0 Å². The molecule has 0 unspecified atom stereocenters. The molecule has 1 aromatic rings. The number of thioether (sulfide) groups is 1. The lowest BCUT2D eigenvalue weighted by Crippen LogP contribution is -1.93. The molecule has 0 bridgehead atoms. The number of aliphatic hydroxyl groups is 1. The molecule has 0 aliphatic rings. The quantitative estimate of drug-likeness (QED) is 0.771. The van der Waals surface area contributed by atoms with Crippen molar-refractivity contribution in [1.82, 2.24) is 0 Å². The van der Waals surface area contributed by atoms with Gasteiger partial charge in [-0.05, 0) is 36.6 Å². The Hall–Kier alpha value is -0.470. The highest BCUT2D eigenvalue weighted by atomic mass is 32.2. The van der Waals surface area contributed by atoms with Crippen molar-refractivity contribution in [2.24, 2.45) is 5.92 Å². The molecular weight excluding hydrogens is 204 g/mol. The molecule has 1 aromatic carbocycles. The summed E-state index contributed by atoms with van der Waals surface area (Å²) < 4.78 is 0. The van der Waals surface area contributed by atoms with Crippen LogP contribution in [0, 0.1) is 12.8 Å². The summed E-state index contributed by atoms with van der Waals surface area (Å²) in [5, 5.41) is 9.24. The van der Waals surface area contributed by atoms with Crippen molar-refractivity contribution in [2.45, 2.75) is 38.7 Å². The molecule has 0 spiro atoms. The molecule has 0 aromatic heterocycles. The van der Waals surface area contributed by atoms with Crippen LogP contribution in [0.1, 0.15) is 31.4 Å². The summed E-state index contributed by atoms with van der Waals surface area (Å²) in [5.74, 6) is 1.88. The van der Waals surface area contributed by atoms with Crippen molar-refractivity contribution in [3.63, 3.8) is 0 Å². The van der Waals surface area contributed by atoms with E-state index in [9.17, 15) is 5.11 Å². The Morgan fingerprint density at radius 1 is 1.33 bits per heavy atom. The van der Waals surface area contributed by atoms with E-state index in [0.717, 1.165) is 17.2 Å². The number of rotatable bonds is 5. The fraction of sp³-hybridized carbons (Fsp3) is 0.538. The predicted molar refractivity (Wildman–Crippen MR) is 67.3 cm³/mol. The van der Waals surface area contributed by atoms with Gasteiger partial charge in [0, 0.05) is 4.90 Å². The summed E-state index contributed by atoms with van der Waals surface area (Å²) in [7, 11) is 0. The third-order valence-electron chi connectivity index (χ3n) is 2.34. The first-order valence-electron chi connectivity index (χ1n) is 5.46. The van der Waals surface area contributed by atoms with Gasteiger partial charge in [0.2, 0.25) is 0 Å². The van der Waals surface area contributed by atoms with Gasteiger partial charge in [0.1, 0.15) is 0 Å². The van der Waals surface area contributed by atoms with E-state index in [-0.39, 0.29) is 6.61 Å². The summed E-state index contributed by atoms with van der Waals surface area (Å²) in [6, 6.07) is 6.29. The smallest absolute Gasteiger partial charge is 0.0692 e. The number of hydrogen-bond acceptors (Lipinski definition) is 2. The third-order valence-corrected chi connectivity index (χ3v) is 3.49. The molecule has 0 aliphatic heterocycles. The van der Waals surface area contributed by atoms with Gasteiger partial charge in [-0.25, -0.2) is 0 Å². The maximum atomic E-state index is 9.24. The van der Waals surface area contributed by atoms with Crippen LogP contribution < -0.4 is 0 Å². The highest BCUT2D eigenvalue weighted by molar-refractivity contribution is 7.99. The van der Waals surface area contributed by atoms with Gasteiger partial charge in [-0.15, -0.1) is 11.8 Å². The SMILES string of the molecule is Cc1ccc(SCCC(C)C)c(CO)c1. The highest BCUT2D eigenvalue weighted by Crippen LogP contribution is 2.25. The molecular formula is C13H20OS. The summed E-state index contributed by atoms with van der Waals surface area (Å²) in [6.45, 7) is 6.68. The van der Waals surface area contributed by atoms with Gasteiger partial charge in [-0.2, -0.15) is 0 Å². The molecule has 15 heavy (non-hydrogen) atoms. The molecule has 0 radical (unpaired) electrons. The van der Waals surface area contributed by atoms with Gasteiger partial charge in [-0.3, -0.25) is 0 Å². The second-order valence-corrected chi connectivity index (χ2v) is 5.44. The molecule has 0 saturated carbocycles. The first-order valence-corrected chi connectivity index (χ1v) is 6.45. The van der Waals surface area contributed by atoms with Crippen LogP contribution in [0.5, 0.6) is 0 Å². The largest absolute Gasteiger partial charge is 0.392 e. The summed E-state index contributed by atoms with van der Waals surface area (Å²) in [4.78, 5) is 1.23. The Morgan fingerprint density at radius 3 is 2.67 bits per heavy atom. The molecule has 0 aliphatic carbocycles. The molecule has 0 atom stereocenters.